The van der Waals surface area contributed by atoms with Crippen LogP contribution in [0.15, 0.2) is 84.4 Å². The van der Waals surface area contributed by atoms with E-state index in [0.717, 1.165) is 22.4 Å². The molecule has 0 radical (unpaired) electrons. The monoisotopic (exact) mass is 519 g/mol. The molecule has 0 bridgehead atoms. The van der Waals surface area contributed by atoms with Gasteiger partial charge in [-0.15, -0.1) is 0 Å². The van der Waals surface area contributed by atoms with Gasteiger partial charge >= 0.3 is 0 Å². The number of amides is 1. The fraction of sp³-hybridized carbons (Fsp3) is 0.103. The van der Waals surface area contributed by atoms with Crippen molar-refractivity contribution in [3.05, 3.63) is 112 Å². The summed E-state index contributed by atoms with van der Waals surface area (Å²) in [6.45, 7) is 2.15. The van der Waals surface area contributed by atoms with E-state index in [1.165, 1.54) is 18.2 Å². The minimum Gasteiger partial charge on any atom is -0.507 e. The molecule has 4 aromatic rings. The second-order valence-corrected chi connectivity index (χ2v) is 8.82. The van der Waals surface area contributed by atoms with Crippen molar-refractivity contribution in [3.63, 3.8) is 0 Å². The molecule has 0 aromatic heterocycles. The van der Waals surface area contributed by atoms with Gasteiger partial charge in [0, 0.05) is 17.3 Å². The third kappa shape index (κ3) is 4.21. The van der Waals surface area contributed by atoms with Gasteiger partial charge in [-0.2, -0.15) is 0 Å². The first kappa shape index (κ1) is 24.5. The van der Waals surface area contributed by atoms with Crippen LogP contribution >= 0.6 is 11.6 Å². The number of ether oxygens (including phenoxy) is 1. The van der Waals surface area contributed by atoms with Crippen molar-refractivity contribution in [3.8, 4) is 5.75 Å². The number of benzene rings is 4. The van der Waals surface area contributed by atoms with Gasteiger partial charge < -0.3 is 9.84 Å². The van der Waals surface area contributed by atoms with Crippen LogP contribution in [0.1, 0.15) is 24.1 Å². The number of aliphatic hydroxyl groups excluding tert-OH is 1. The summed E-state index contributed by atoms with van der Waals surface area (Å²) in [5.74, 6) is -4.36. The zero-order valence-electron chi connectivity index (χ0n) is 19.5. The van der Waals surface area contributed by atoms with E-state index in [-0.39, 0.29) is 21.8 Å². The van der Waals surface area contributed by atoms with E-state index in [1.807, 2.05) is 24.3 Å². The highest BCUT2D eigenvalue weighted by Crippen LogP contribution is 2.45. The molecule has 0 saturated carbocycles. The second kappa shape index (κ2) is 9.67. The summed E-state index contributed by atoms with van der Waals surface area (Å²) in [6, 6.07) is 19.1. The summed E-state index contributed by atoms with van der Waals surface area (Å²) in [6.07, 6.45) is 0. The van der Waals surface area contributed by atoms with E-state index in [9.17, 15) is 23.5 Å². The standard InChI is InChI=1S/C29H20ClF2NO4/c1-2-37-18-11-12-22(30)21(15-18)27(34)25-26(20-9-5-7-16-6-3-4-8-19(16)20)33(29(36)28(25)35)17-10-13-23(31)24(32)14-17/h3-15,26,34H,2H2,1H3/b27-25+. The van der Waals surface area contributed by atoms with Gasteiger partial charge in [0.05, 0.1) is 23.2 Å². The van der Waals surface area contributed by atoms with Crippen molar-refractivity contribution in [1.29, 1.82) is 0 Å². The summed E-state index contributed by atoms with van der Waals surface area (Å²) in [4.78, 5) is 27.9. The molecule has 1 N–H and O–H groups in total. The first-order chi connectivity index (χ1) is 17.8. The van der Waals surface area contributed by atoms with Crippen LogP contribution in [0.4, 0.5) is 14.5 Å². The highest BCUT2D eigenvalue weighted by Gasteiger charge is 2.47. The number of ketones is 1. The highest BCUT2D eigenvalue weighted by molar-refractivity contribution is 6.52. The number of hydrogen-bond acceptors (Lipinski definition) is 4. The molecule has 1 aliphatic heterocycles. The Morgan fingerprint density at radius 3 is 2.49 bits per heavy atom. The lowest BCUT2D eigenvalue weighted by Crippen LogP contribution is -2.29. The molecule has 8 heteroatoms. The van der Waals surface area contributed by atoms with E-state index in [1.54, 1.807) is 31.2 Å². The Kier molecular flexibility index (Phi) is 6.39. The highest BCUT2D eigenvalue weighted by atomic mass is 35.5. The maximum absolute atomic E-state index is 14.2. The number of carbonyl (C=O) groups is 2. The van der Waals surface area contributed by atoms with Gasteiger partial charge in [-0.1, -0.05) is 54.1 Å². The molecule has 0 spiro atoms. The average Bonchev–Trinajstić information content (AvgIpc) is 3.16. The number of hydrogen-bond donors (Lipinski definition) is 1. The maximum Gasteiger partial charge on any atom is 0.300 e. The first-order valence-electron chi connectivity index (χ1n) is 11.5. The molecular formula is C29H20ClF2NO4. The lowest BCUT2D eigenvalue weighted by Gasteiger charge is -2.26. The number of fused-ring (bicyclic) bond motifs is 1. The Hall–Kier alpha value is -4.23. The minimum atomic E-state index is -1.18. The Bertz CT molecular complexity index is 1600. The molecule has 37 heavy (non-hydrogen) atoms. The van der Waals surface area contributed by atoms with Crippen molar-refractivity contribution in [2.75, 3.05) is 11.5 Å². The van der Waals surface area contributed by atoms with Crippen LogP contribution < -0.4 is 9.64 Å². The summed E-state index contributed by atoms with van der Waals surface area (Å²) >= 11 is 6.38. The smallest absolute Gasteiger partial charge is 0.300 e. The number of Topliss-reactive ketones (excluding diaryl/α,β-unsaturated/α-hetero) is 1. The topological polar surface area (TPSA) is 66.8 Å². The van der Waals surface area contributed by atoms with Crippen molar-refractivity contribution in [2.45, 2.75) is 13.0 Å². The molecule has 1 unspecified atom stereocenters. The van der Waals surface area contributed by atoms with Gasteiger partial charge in [-0.05, 0) is 53.6 Å². The minimum absolute atomic E-state index is 0.0350. The van der Waals surface area contributed by atoms with Crippen molar-refractivity contribution in [1.82, 2.24) is 0 Å². The molecule has 1 fully saturated rings. The number of carbonyl (C=O) groups excluding carboxylic acids is 2. The molecule has 0 aliphatic carbocycles. The van der Waals surface area contributed by atoms with Crippen molar-refractivity contribution < 1.29 is 28.2 Å². The Balaban J connectivity index is 1.81. The fourth-order valence-corrected chi connectivity index (χ4v) is 4.81. The quantitative estimate of drug-likeness (QED) is 0.179. The third-order valence-corrected chi connectivity index (χ3v) is 6.58. The number of anilines is 1. The van der Waals surface area contributed by atoms with Crippen LogP contribution in [0.25, 0.3) is 16.5 Å². The van der Waals surface area contributed by atoms with Crippen molar-refractivity contribution >= 4 is 45.5 Å². The number of nitrogens with zero attached hydrogens (tertiary/aromatic N) is 1. The average molecular weight is 520 g/mol. The molecule has 186 valence electrons. The summed E-state index contributed by atoms with van der Waals surface area (Å²) in [7, 11) is 0. The van der Waals surface area contributed by atoms with E-state index >= 15 is 0 Å². The molecule has 1 amide bonds. The summed E-state index contributed by atoms with van der Waals surface area (Å²) in [5, 5.41) is 13.1. The maximum atomic E-state index is 14.2. The normalized spacial score (nSPS) is 17.0. The summed E-state index contributed by atoms with van der Waals surface area (Å²) < 4.78 is 33.5. The number of halogens is 3. The third-order valence-electron chi connectivity index (χ3n) is 6.25. The van der Waals surface area contributed by atoms with Crippen LogP contribution in [0.5, 0.6) is 5.75 Å². The Morgan fingerprint density at radius 2 is 1.73 bits per heavy atom. The number of rotatable bonds is 5. The molecule has 1 aliphatic rings. The van der Waals surface area contributed by atoms with E-state index in [2.05, 4.69) is 0 Å². The SMILES string of the molecule is CCOc1ccc(Cl)c(/C(O)=C2\C(=O)C(=O)N(c3ccc(F)c(F)c3)C2c2cccc3ccccc23)c1. The van der Waals surface area contributed by atoms with Gasteiger partial charge in [0.25, 0.3) is 11.7 Å². The Morgan fingerprint density at radius 1 is 0.973 bits per heavy atom. The zero-order chi connectivity index (χ0) is 26.3. The van der Waals surface area contributed by atoms with Gasteiger partial charge in [0.2, 0.25) is 0 Å². The van der Waals surface area contributed by atoms with Crippen molar-refractivity contribution in [2.24, 2.45) is 0 Å². The lowest BCUT2D eigenvalue weighted by atomic mass is 9.91. The van der Waals surface area contributed by atoms with E-state index < -0.39 is 35.1 Å². The van der Waals surface area contributed by atoms with Crippen LogP contribution in [-0.2, 0) is 9.59 Å². The van der Waals surface area contributed by atoms with Gasteiger partial charge in [0.1, 0.15) is 11.5 Å². The zero-order valence-corrected chi connectivity index (χ0v) is 20.3. The molecule has 5 rings (SSSR count). The lowest BCUT2D eigenvalue weighted by molar-refractivity contribution is -0.132. The largest absolute Gasteiger partial charge is 0.507 e. The van der Waals surface area contributed by atoms with Gasteiger partial charge in [-0.3, -0.25) is 14.5 Å². The molecule has 1 saturated heterocycles. The van der Waals surface area contributed by atoms with E-state index in [0.29, 0.717) is 23.3 Å². The number of aliphatic hydroxyl groups is 1. The second-order valence-electron chi connectivity index (χ2n) is 8.41. The molecule has 4 aromatic carbocycles. The summed E-state index contributed by atoms with van der Waals surface area (Å²) in [5.41, 5.74) is 0.343. The fourth-order valence-electron chi connectivity index (χ4n) is 4.60. The molecule has 1 heterocycles. The molecular weight excluding hydrogens is 500 g/mol. The van der Waals surface area contributed by atoms with Crippen LogP contribution in [0, 0.1) is 11.6 Å². The van der Waals surface area contributed by atoms with Crippen LogP contribution in [0.2, 0.25) is 5.02 Å². The van der Waals surface area contributed by atoms with Crippen LogP contribution in [-0.4, -0.2) is 23.4 Å². The van der Waals surface area contributed by atoms with Gasteiger partial charge in [0.15, 0.2) is 11.6 Å². The van der Waals surface area contributed by atoms with E-state index in [4.69, 9.17) is 16.3 Å². The van der Waals surface area contributed by atoms with Crippen LogP contribution in [0.3, 0.4) is 0 Å². The predicted molar refractivity (Wildman–Crippen MR) is 138 cm³/mol. The first-order valence-corrected chi connectivity index (χ1v) is 11.9. The predicted octanol–water partition coefficient (Wildman–Crippen LogP) is 6.80. The Labute approximate surface area is 216 Å². The molecule has 5 nitrogen and oxygen atoms in total. The van der Waals surface area contributed by atoms with Gasteiger partial charge in [-0.25, -0.2) is 8.78 Å². The molecule has 1 atom stereocenters.